The van der Waals surface area contributed by atoms with E-state index in [0.29, 0.717) is 70.1 Å². The van der Waals surface area contributed by atoms with Crippen LogP contribution in [0.1, 0.15) is 102 Å². The number of amides is 3. The van der Waals surface area contributed by atoms with E-state index >= 15 is 4.79 Å². The van der Waals surface area contributed by atoms with Crippen LogP contribution in [0.5, 0.6) is 0 Å². The summed E-state index contributed by atoms with van der Waals surface area (Å²) in [5.41, 5.74) is 3.47. The van der Waals surface area contributed by atoms with Crippen molar-refractivity contribution in [3.05, 3.63) is 59.7 Å². The molecule has 6 aliphatic rings. The standard InChI is InChI=1S/C60H84N6O14/c1-38(77-57(71)49(61-3)32-41-7-8-41)54(68)63(5)52(35-44-13-14-44)60(74)80-53(36-45-17-21-47(22-18-45)66-25-29-76-30-26-66)56(70)64(6)50(33-42-9-10-42)58(72)78-39(2)55(69)62(4)51(34-43-11-12-43)59(73)79-48(37-67)31-40-15-19-46(20-16-40)65-23-27-75-28-24-65/h15-22,37-39,41-44,48-53,61H,7-14,23-36H2,1-6H3/t38-,39-,48-,49+,50+,51+,52+,53-/m1/s1. The molecule has 6 fully saturated rings. The Kier molecular flexibility index (Phi) is 21.0. The molecule has 2 aromatic carbocycles. The van der Waals surface area contributed by atoms with Crippen LogP contribution in [-0.4, -0.2) is 192 Å². The molecule has 80 heavy (non-hydrogen) atoms. The van der Waals surface area contributed by atoms with E-state index in [1.54, 1.807) is 7.05 Å². The van der Waals surface area contributed by atoms with Crippen molar-refractivity contribution in [2.24, 2.45) is 23.7 Å². The fourth-order valence-corrected chi connectivity index (χ4v) is 10.7. The van der Waals surface area contributed by atoms with Crippen molar-refractivity contribution in [1.29, 1.82) is 0 Å². The molecule has 3 amide bonds. The van der Waals surface area contributed by atoms with Gasteiger partial charge in [-0.15, -0.1) is 0 Å². The molecule has 20 nitrogen and oxygen atoms in total. The van der Waals surface area contributed by atoms with Crippen LogP contribution in [0.3, 0.4) is 0 Å². The van der Waals surface area contributed by atoms with Gasteiger partial charge >= 0.3 is 23.9 Å². The minimum atomic E-state index is -1.46. The first-order valence-corrected chi connectivity index (χ1v) is 29.1. The van der Waals surface area contributed by atoms with Gasteiger partial charge in [0, 0.05) is 71.5 Å². The van der Waals surface area contributed by atoms with E-state index < -0.39 is 90.2 Å². The number of nitrogens with zero attached hydrogens (tertiary/aromatic N) is 5. The van der Waals surface area contributed by atoms with Crippen LogP contribution in [0, 0.1) is 23.7 Å². The van der Waals surface area contributed by atoms with Gasteiger partial charge in [-0.05, 0) is 106 Å². The van der Waals surface area contributed by atoms with Gasteiger partial charge in [0.25, 0.3) is 17.7 Å². The molecule has 0 bridgehead atoms. The first kappa shape index (κ1) is 60.0. The van der Waals surface area contributed by atoms with Crippen LogP contribution in [0.2, 0.25) is 0 Å². The Hall–Kier alpha value is -6.12. The highest BCUT2D eigenvalue weighted by molar-refractivity contribution is 5.93. The lowest BCUT2D eigenvalue weighted by atomic mass is 10.0. The number of nitrogens with one attached hydrogen (secondary N) is 1. The zero-order valence-electron chi connectivity index (χ0n) is 47.6. The first-order valence-electron chi connectivity index (χ1n) is 29.1. The fourth-order valence-electron chi connectivity index (χ4n) is 10.7. The van der Waals surface area contributed by atoms with Gasteiger partial charge < -0.3 is 58.2 Å². The topological polar surface area (TPSA) is 220 Å². The molecule has 1 N–H and O–H groups in total. The van der Waals surface area contributed by atoms with Crippen LogP contribution >= 0.6 is 0 Å². The number of aldehydes is 1. The van der Waals surface area contributed by atoms with Crippen molar-refractivity contribution in [1.82, 2.24) is 20.0 Å². The summed E-state index contributed by atoms with van der Waals surface area (Å²) in [6.45, 7) is 8.35. The van der Waals surface area contributed by atoms with Gasteiger partial charge in [0.05, 0.1) is 26.4 Å². The van der Waals surface area contributed by atoms with E-state index in [4.69, 9.17) is 28.4 Å². The molecule has 8 atom stereocenters. The highest BCUT2D eigenvalue weighted by atomic mass is 16.6. The quantitative estimate of drug-likeness (QED) is 0.0655. The summed E-state index contributed by atoms with van der Waals surface area (Å²) in [5.74, 6) is -4.07. The summed E-state index contributed by atoms with van der Waals surface area (Å²) in [4.78, 5) is 120. The number of benzene rings is 2. The minimum Gasteiger partial charge on any atom is -0.453 e. The van der Waals surface area contributed by atoms with E-state index in [1.165, 1.54) is 49.7 Å². The summed E-state index contributed by atoms with van der Waals surface area (Å²) in [6.07, 6.45) is 4.04. The normalized spacial score (nSPS) is 20.3. The van der Waals surface area contributed by atoms with Gasteiger partial charge in [-0.2, -0.15) is 0 Å². The number of morpholine rings is 2. The Morgan fingerprint density at radius 2 is 0.887 bits per heavy atom. The Morgan fingerprint density at radius 3 is 1.29 bits per heavy atom. The third-order valence-electron chi connectivity index (χ3n) is 16.6. The summed E-state index contributed by atoms with van der Waals surface area (Å²) < 4.78 is 34.6. The molecule has 0 unspecified atom stereocenters. The van der Waals surface area contributed by atoms with Crippen LogP contribution in [0.25, 0.3) is 0 Å². The van der Waals surface area contributed by atoms with Crippen LogP contribution in [0.15, 0.2) is 48.5 Å². The zero-order valence-corrected chi connectivity index (χ0v) is 47.6. The van der Waals surface area contributed by atoms with Gasteiger partial charge in [-0.3, -0.25) is 24.0 Å². The van der Waals surface area contributed by atoms with Crippen molar-refractivity contribution in [2.45, 2.75) is 152 Å². The molecule has 2 aromatic rings. The largest absolute Gasteiger partial charge is 0.453 e. The molecule has 438 valence electrons. The molecule has 0 spiro atoms. The molecule has 8 rings (SSSR count). The monoisotopic (exact) mass is 1110 g/mol. The molecule has 2 aliphatic heterocycles. The maximum atomic E-state index is 15.0. The number of likely N-dealkylation sites (N-methyl/N-ethyl adjacent to an activating group) is 4. The molecule has 4 saturated carbocycles. The smallest absolute Gasteiger partial charge is 0.329 e. The van der Waals surface area contributed by atoms with E-state index in [2.05, 4.69) is 15.1 Å². The molecule has 0 aromatic heterocycles. The third-order valence-corrected chi connectivity index (χ3v) is 16.6. The van der Waals surface area contributed by atoms with E-state index in [9.17, 15) is 33.6 Å². The average Bonchev–Trinajstić information content (AvgIpc) is 4.22. The highest BCUT2D eigenvalue weighted by Crippen LogP contribution is 2.38. The van der Waals surface area contributed by atoms with Crippen molar-refractivity contribution >= 4 is 59.3 Å². The number of rotatable bonds is 30. The van der Waals surface area contributed by atoms with E-state index in [-0.39, 0.29) is 43.4 Å². The van der Waals surface area contributed by atoms with Crippen LogP contribution in [0.4, 0.5) is 11.4 Å². The molecule has 20 heteroatoms. The van der Waals surface area contributed by atoms with Gasteiger partial charge in [0.15, 0.2) is 30.7 Å². The summed E-state index contributed by atoms with van der Waals surface area (Å²) >= 11 is 0. The zero-order chi connectivity index (χ0) is 57.0. The summed E-state index contributed by atoms with van der Waals surface area (Å²) in [5, 5.41) is 2.99. The molecule has 0 radical (unpaired) electrons. The van der Waals surface area contributed by atoms with Crippen molar-refractivity contribution in [3.63, 3.8) is 0 Å². The van der Waals surface area contributed by atoms with Crippen molar-refractivity contribution in [3.8, 4) is 0 Å². The number of anilines is 2. The average molecular weight is 1110 g/mol. The van der Waals surface area contributed by atoms with E-state index in [0.717, 1.165) is 81.4 Å². The Bertz CT molecular complexity index is 2450. The summed E-state index contributed by atoms with van der Waals surface area (Å²) in [6, 6.07) is 11.4. The Morgan fingerprint density at radius 1 is 0.525 bits per heavy atom. The lowest BCUT2D eigenvalue weighted by Crippen LogP contribution is -2.53. The maximum absolute atomic E-state index is 15.0. The van der Waals surface area contributed by atoms with Gasteiger partial charge in [-0.25, -0.2) is 14.4 Å². The molecule has 2 saturated heterocycles. The minimum absolute atomic E-state index is 0.0674. The summed E-state index contributed by atoms with van der Waals surface area (Å²) in [7, 11) is 6.06. The van der Waals surface area contributed by atoms with Crippen LogP contribution < -0.4 is 15.1 Å². The predicted molar refractivity (Wildman–Crippen MR) is 295 cm³/mol. The lowest BCUT2D eigenvalue weighted by molar-refractivity contribution is -0.173. The molecular formula is C60H84N6O14. The van der Waals surface area contributed by atoms with Crippen LogP contribution in [-0.2, 0) is 79.6 Å². The van der Waals surface area contributed by atoms with Crippen molar-refractivity contribution < 1.29 is 66.8 Å². The molecular weight excluding hydrogens is 1030 g/mol. The van der Waals surface area contributed by atoms with Crippen molar-refractivity contribution in [2.75, 3.05) is 90.6 Å². The number of hydrogen-bond donors (Lipinski definition) is 1. The van der Waals surface area contributed by atoms with Gasteiger partial charge in [-0.1, -0.05) is 75.6 Å². The molecule has 4 aliphatic carbocycles. The second-order valence-corrected chi connectivity index (χ2v) is 23.1. The SMILES string of the molecule is CN[C@@H](CC1CC1)C(=O)O[C@H](C)C(=O)N(C)[C@@H](CC1CC1)C(=O)O[C@H](Cc1ccc(N2CCOCC2)cc1)C(=O)N(C)[C@@H](CC1CC1)C(=O)O[C@H](C)C(=O)N(C)[C@@H](CC1CC1)C(=O)O[C@@H](C=O)Cc1ccc(N2CCOCC2)cc1. The number of esters is 4. The Balaban J connectivity index is 0.949. The number of ether oxygens (including phenoxy) is 6. The van der Waals surface area contributed by atoms with Gasteiger partial charge in [0.2, 0.25) is 0 Å². The predicted octanol–water partition coefficient (Wildman–Crippen LogP) is 4.30. The number of carbonyl (C=O) groups is 8. The maximum Gasteiger partial charge on any atom is 0.329 e. The third kappa shape index (κ3) is 17.0. The molecule has 2 heterocycles. The number of hydrogen-bond acceptors (Lipinski definition) is 17. The highest BCUT2D eigenvalue weighted by Gasteiger charge is 2.44. The van der Waals surface area contributed by atoms with E-state index in [1.807, 2.05) is 48.5 Å². The number of carbonyl (C=O) groups excluding carboxylic acids is 8. The lowest BCUT2D eigenvalue weighted by Gasteiger charge is -2.33. The van der Waals surface area contributed by atoms with Gasteiger partial charge in [0.1, 0.15) is 24.2 Å². The second kappa shape index (κ2) is 28.0. The second-order valence-electron chi connectivity index (χ2n) is 23.1. The first-order chi connectivity index (χ1) is 38.5. The Labute approximate surface area is 470 Å². The fraction of sp³-hybridized carbons (Fsp3) is 0.667.